The number of hydrogen-bond acceptors (Lipinski definition) is 3. The Balaban J connectivity index is 1.18. The minimum Gasteiger partial charge on any atom is -0.378 e. The molecule has 24 heavy (non-hydrogen) atoms. The summed E-state index contributed by atoms with van der Waals surface area (Å²) in [7, 11) is 0. The summed E-state index contributed by atoms with van der Waals surface area (Å²) in [6, 6.07) is 1.12. The molecular weight excluding hydrogens is 302 g/mol. The predicted molar refractivity (Wildman–Crippen MR) is 94.0 cm³/mol. The van der Waals surface area contributed by atoms with Crippen LogP contribution in [0.4, 0.5) is 4.79 Å². The summed E-state index contributed by atoms with van der Waals surface area (Å²) in [4.78, 5) is 14.9. The summed E-state index contributed by atoms with van der Waals surface area (Å²) < 4.78 is 5.79. The highest BCUT2D eigenvalue weighted by molar-refractivity contribution is 5.74. The third kappa shape index (κ3) is 3.57. The maximum atomic E-state index is 12.3. The Bertz CT molecular complexity index is 444. The molecule has 5 heteroatoms. The van der Waals surface area contributed by atoms with Gasteiger partial charge in [0.1, 0.15) is 0 Å². The second kappa shape index (κ2) is 7.61. The van der Waals surface area contributed by atoms with Crippen LogP contribution in [0.1, 0.15) is 57.8 Å². The Morgan fingerprint density at radius 3 is 2.92 bits per heavy atom. The van der Waals surface area contributed by atoms with Crippen LogP contribution in [0, 0.1) is 11.8 Å². The first-order valence-corrected chi connectivity index (χ1v) is 10.2. The number of hydrogen-bond donors (Lipinski definition) is 2. The maximum Gasteiger partial charge on any atom is 0.315 e. The molecule has 4 unspecified atom stereocenters. The van der Waals surface area contributed by atoms with Gasteiger partial charge in [0, 0.05) is 37.7 Å². The number of carbonyl (C=O) groups excluding carboxylic acids is 1. The molecule has 0 bridgehead atoms. The van der Waals surface area contributed by atoms with Crippen LogP contribution in [0.2, 0.25) is 0 Å². The Hall–Kier alpha value is -0.810. The van der Waals surface area contributed by atoms with E-state index in [1.165, 1.54) is 51.5 Å². The van der Waals surface area contributed by atoms with E-state index >= 15 is 0 Å². The van der Waals surface area contributed by atoms with Gasteiger partial charge in [-0.1, -0.05) is 12.8 Å². The lowest BCUT2D eigenvalue weighted by atomic mass is 9.82. The molecule has 2 saturated heterocycles. The molecule has 4 fully saturated rings. The van der Waals surface area contributed by atoms with Crippen LogP contribution in [0.3, 0.4) is 0 Å². The van der Waals surface area contributed by atoms with Crippen molar-refractivity contribution < 1.29 is 9.53 Å². The summed E-state index contributed by atoms with van der Waals surface area (Å²) in [5.41, 5.74) is 0. The number of likely N-dealkylation sites (tertiary alicyclic amines) is 1. The van der Waals surface area contributed by atoms with Gasteiger partial charge >= 0.3 is 6.03 Å². The number of fused-ring (bicyclic) bond motifs is 2. The number of nitrogens with zero attached hydrogens (tertiary/aromatic N) is 1. The van der Waals surface area contributed by atoms with Crippen molar-refractivity contribution >= 4 is 6.03 Å². The first-order valence-electron chi connectivity index (χ1n) is 10.2. The molecule has 5 atom stereocenters. The van der Waals surface area contributed by atoms with Gasteiger partial charge in [-0.15, -0.1) is 0 Å². The zero-order chi connectivity index (χ0) is 16.4. The monoisotopic (exact) mass is 335 g/mol. The number of carbonyl (C=O) groups is 1. The third-order valence-corrected chi connectivity index (χ3v) is 6.91. The largest absolute Gasteiger partial charge is 0.378 e. The van der Waals surface area contributed by atoms with E-state index < -0.39 is 0 Å². The molecule has 4 aliphatic rings. The zero-order valence-electron chi connectivity index (χ0n) is 14.8. The van der Waals surface area contributed by atoms with E-state index in [1.54, 1.807) is 0 Å². The molecule has 2 aliphatic carbocycles. The average molecular weight is 335 g/mol. The minimum atomic E-state index is 0.0203. The molecule has 2 N–H and O–H groups in total. The van der Waals surface area contributed by atoms with Crippen molar-refractivity contribution in [2.75, 3.05) is 26.2 Å². The van der Waals surface area contributed by atoms with E-state index in [2.05, 4.69) is 15.5 Å². The van der Waals surface area contributed by atoms with Gasteiger partial charge in [0.15, 0.2) is 0 Å². The van der Waals surface area contributed by atoms with Crippen molar-refractivity contribution in [3.8, 4) is 0 Å². The highest BCUT2D eigenvalue weighted by atomic mass is 16.5. The van der Waals surface area contributed by atoms with Gasteiger partial charge in [-0.05, 0) is 57.4 Å². The Labute approximate surface area is 145 Å². The molecular formula is C19H33N3O2. The first kappa shape index (κ1) is 16.6. The lowest BCUT2D eigenvalue weighted by Crippen LogP contribution is -2.50. The van der Waals surface area contributed by atoms with Gasteiger partial charge in [0.05, 0.1) is 6.10 Å². The van der Waals surface area contributed by atoms with Crippen LogP contribution in [-0.2, 0) is 4.74 Å². The fourth-order valence-electron chi connectivity index (χ4n) is 5.67. The van der Waals surface area contributed by atoms with Crippen molar-refractivity contribution in [2.45, 2.75) is 76.0 Å². The molecule has 2 saturated carbocycles. The van der Waals surface area contributed by atoms with Gasteiger partial charge < -0.3 is 15.4 Å². The summed E-state index contributed by atoms with van der Waals surface area (Å²) in [5.74, 6) is 1.46. The standard InChI is InChI=1S/C19H33N3O2/c23-19(21-16-5-3-7-18-15(16)9-13-24-18)20-10-12-22-11-8-14-4-1-2-6-17(14)22/h14-18H,1-13H2,(H2,20,21,23)/t14?,15?,16-,17?,18?/m0/s1. The van der Waals surface area contributed by atoms with Gasteiger partial charge in [-0.2, -0.15) is 0 Å². The topological polar surface area (TPSA) is 53.6 Å². The van der Waals surface area contributed by atoms with Crippen LogP contribution < -0.4 is 10.6 Å². The number of rotatable bonds is 4. The van der Waals surface area contributed by atoms with Crippen molar-refractivity contribution in [1.29, 1.82) is 0 Å². The predicted octanol–water partition coefficient (Wildman–Crippen LogP) is 2.51. The zero-order valence-corrected chi connectivity index (χ0v) is 14.8. The van der Waals surface area contributed by atoms with E-state index in [1.807, 2.05) is 0 Å². The Kier molecular flexibility index (Phi) is 5.28. The van der Waals surface area contributed by atoms with Gasteiger partial charge in [0.25, 0.3) is 0 Å². The Morgan fingerprint density at radius 1 is 1.04 bits per heavy atom. The summed E-state index contributed by atoms with van der Waals surface area (Å²) in [6.07, 6.45) is 11.9. The number of amides is 2. The molecule has 136 valence electrons. The van der Waals surface area contributed by atoms with Gasteiger partial charge in [-0.25, -0.2) is 4.79 Å². The number of nitrogens with one attached hydrogen (secondary N) is 2. The van der Waals surface area contributed by atoms with Crippen LogP contribution in [0.5, 0.6) is 0 Å². The second-order valence-corrected chi connectivity index (χ2v) is 8.24. The number of urea groups is 1. The molecule has 2 heterocycles. The quantitative estimate of drug-likeness (QED) is 0.830. The number of ether oxygens (including phenoxy) is 1. The molecule has 4 rings (SSSR count). The van der Waals surface area contributed by atoms with Gasteiger partial charge in [0.2, 0.25) is 0 Å². The van der Waals surface area contributed by atoms with Crippen LogP contribution in [0.15, 0.2) is 0 Å². The molecule has 0 spiro atoms. The highest BCUT2D eigenvalue weighted by Crippen LogP contribution is 2.36. The highest BCUT2D eigenvalue weighted by Gasteiger charge is 2.38. The first-order chi connectivity index (χ1) is 11.8. The van der Waals surface area contributed by atoms with Crippen LogP contribution >= 0.6 is 0 Å². The smallest absolute Gasteiger partial charge is 0.315 e. The fraction of sp³-hybridized carbons (Fsp3) is 0.947. The summed E-state index contributed by atoms with van der Waals surface area (Å²) in [6.45, 7) is 3.87. The summed E-state index contributed by atoms with van der Waals surface area (Å²) in [5, 5.41) is 6.32. The second-order valence-electron chi connectivity index (χ2n) is 8.24. The van der Waals surface area contributed by atoms with E-state index in [9.17, 15) is 4.79 Å². The maximum absolute atomic E-state index is 12.3. The lowest BCUT2D eigenvalue weighted by molar-refractivity contribution is 0.0549. The summed E-state index contributed by atoms with van der Waals surface area (Å²) >= 11 is 0. The minimum absolute atomic E-state index is 0.0203. The molecule has 0 aromatic rings. The molecule has 0 radical (unpaired) electrons. The van der Waals surface area contributed by atoms with Crippen LogP contribution in [0.25, 0.3) is 0 Å². The average Bonchev–Trinajstić information content (AvgIpc) is 3.23. The van der Waals surface area contributed by atoms with Gasteiger partial charge in [-0.3, -0.25) is 4.90 Å². The normalized spacial score (nSPS) is 39.2. The molecule has 5 nitrogen and oxygen atoms in total. The van der Waals surface area contributed by atoms with Crippen molar-refractivity contribution in [2.24, 2.45) is 11.8 Å². The van der Waals surface area contributed by atoms with E-state index in [0.717, 1.165) is 44.5 Å². The van der Waals surface area contributed by atoms with E-state index in [4.69, 9.17) is 4.74 Å². The van der Waals surface area contributed by atoms with Crippen molar-refractivity contribution in [3.05, 3.63) is 0 Å². The third-order valence-electron chi connectivity index (χ3n) is 6.91. The van der Waals surface area contributed by atoms with Crippen molar-refractivity contribution in [1.82, 2.24) is 15.5 Å². The van der Waals surface area contributed by atoms with Crippen LogP contribution in [-0.4, -0.2) is 55.4 Å². The lowest BCUT2D eigenvalue weighted by Gasteiger charge is -2.33. The molecule has 2 amide bonds. The SMILES string of the molecule is O=C(NCCN1CCC2CCCCC21)N[C@H]1CCCC2OCCC21. The van der Waals surface area contributed by atoms with E-state index in [0.29, 0.717) is 18.1 Å². The Morgan fingerprint density at radius 2 is 1.96 bits per heavy atom. The van der Waals surface area contributed by atoms with E-state index in [-0.39, 0.29) is 6.03 Å². The molecule has 0 aromatic heterocycles. The molecule has 0 aromatic carbocycles. The molecule has 2 aliphatic heterocycles. The van der Waals surface area contributed by atoms with Crippen molar-refractivity contribution in [3.63, 3.8) is 0 Å². The fourth-order valence-corrected chi connectivity index (χ4v) is 5.67.